The maximum Gasteiger partial charge on any atom is 0.368 e. The standard InChI is InChI=1S/C17H15ClF2N4O2/c1-10-6-7-15(11(8-10)16(19)20)26-9-12-13(18)4-3-5-14(12)24-17(25)23(2)21-22-24/h3-8,16H,9H2,1-2H3. The number of tetrazole rings is 1. The molecular weight excluding hydrogens is 366 g/mol. The Kier molecular flexibility index (Phi) is 5.03. The largest absolute Gasteiger partial charge is 0.488 e. The molecule has 0 aliphatic heterocycles. The van der Waals surface area contributed by atoms with Gasteiger partial charge in [0.25, 0.3) is 6.43 Å². The number of halogens is 3. The van der Waals surface area contributed by atoms with Gasteiger partial charge in [0.05, 0.1) is 11.3 Å². The maximum absolute atomic E-state index is 13.2. The molecule has 0 saturated carbocycles. The fourth-order valence-electron chi connectivity index (χ4n) is 2.47. The molecule has 0 atom stereocenters. The Morgan fingerprint density at radius 2 is 2.00 bits per heavy atom. The summed E-state index contributed by atoms with van der Waals surface area (Å²) in [5.74, 6) is 0.0583. The van der Waals surface area contributed by atoms with Crippen molar-refractivity contribution in [1.29, 1.82) is 0 Å². The van der Waals surface area contributed by atoms with Gasteiger partial charge in [-0.1, -0.05) is 29.3 Å². The van der Waals surface area contributed by atoms with E-state index in [-0.39, 0.29) is 17.9 Å². The third-order valence-electron chi connectivity index (χ3n) is 3.82. The molecule has 0 bridgehead atoms. The van der Waals surface area contributed by atoms with Gasteiger partial charge in [0.2, 0.25) is 0 Å². The molecule has 9 heteroatoms. The summed E-state index contributed by atoms with van der Waals surface area (Å²) in [7, 11) is 1.47. The number of aryl methyl sites for hydroxylation is 2. The zero-order valence-electron chi connectivity index (χ0n) is 14.0. The molecule has 3 aromatic rings. The molecule has 0 fully saturated rings. The fourth-order valence-corrected chi connectivity index (χ4v) is 2.70. The van der Waals surface area contributed by atoms with E-state index in [9.17, 15) is 13.6 Å². The van der Waals surface area contributed by atoms with E-state index in [1.165, 1.54) is 19.2 Å². The van der Waals surface area contributed by atoms with Crippen molar-refractivity contribution in [3.05, 3.63) is 68.6 Å². The van der Waals surface area contributed by atoms with Crippen molar-refractivity contribution in [2.75, 3.05) is 0 Å². The molecule has 3 rings (SSSR count). The molecule has 136 valence electrons. The summed E-state index contributed by atoms with van der Waals surface area (Å²) < 4.78 is 34.2. The molecule has 26 heavy (non-hydrogen) atoms. The van der Waals surface area contributed by atoms with E-state index in [0.717, 1.165) is 9.36 Å². The quantitative estimate of drug-likeness (QED) is 0.680. The zero-order chi connectivity index (χ0) is 18.8. The lowest BCUT2D eigenvalue weighted by molar-refractivity contribution is 0.144. The minimum atomic E-state index is -2.67. The van der Waals surface area contributed by atoms with Gasteiger partial charge in [-0.3, -0.25) is 0 Å². The van der Waals surface area contributed by atoms with Gasteiger partial charge < -0.3 is 4.74 Å². The van der Waals surface area contributed by atoms with E-state index in [2.05, 4.69) is 10.4 Å². The number of ether oxygens (including phenoxy) is 1. The number of hydrogen-bond acceptors (Lipinski definition) is 4. The Hall–Kier alpha value is -2.74. The molecule has 0 saturated heterocycles. The van der Waals surface area contributed by atoms with Crippen LogP contribution in [0.15, 0.2) is 41.2 Å². The molecule has 0 spiro atoms. The smallest absolute Gasteiger partial charge is 0.368 e. The maximum atomic E-state index is 13.2. The molecular formula is C17H15ClF2N4O2. The first-order valence-electron chi connectivity index (χ1n) is 7.66. The molecule has 0 aliphatic rings. The highest BCUT2D eigenvalue weighted by atomic mass is 35.5. The SMILES string of the molecule is Cc1ccc(OCc2c(Cl)cccc2-n2nnn(C)c2=O)c(C(F)F)c1. The van der Waals surface area contributed by atoms with Crippen LogP contribution in [0.25, 0.3) is 5.69 Å². The van der Waals surface area contributed by atoms with E-state index < -0.39 is 12.1 Å². The summed E-state index contributed by atoms with van der Waals surface area (Å²) in [5.41, 5.74) is 0.864. The predicted octanol–water partition coefficient (Wildman–Crippen LogP) is 3.44. The third kappa shape index (κ3) is 3.45. The molecule has 0 unspecified atom stereocenters. The van der Waals surface area contributed by atoms with Crippen molar-refractivity contribution in [3.63, 3.8) is 0 Å². The van der Waals surface area contributed by atoms with Gasteiger partial charge in [-0.05, 0) is 41.6 Å². The topological polar surface area (TPSA) is 61.9 Å². The Bertz CT molecular complexity index is 1000. The zero-order valence-corrected chi connectivity index (χ0v) is 14.7. The van der Waals surface area contributed by atoms with Crippen molar-refractivity contribution >= 4 is 11.6 Å². The summed E-state index contributed by atoms with van der Waals surface area (Å²) in [6.45, 7) is 1.61. The van der Waals surface area contributed by atoms with Gasteiger partial charge in [-0.15, -0.1) is 0 Å². The molecule has 0 amide bonds. The summed E-state index contributed by atoms with van der Waals surface area (Å²) in [6.07, 6.45) is -2.67. The normalized spacial score (nSPS) is 11.2. The van der Waals surface area contributed by atoms with E-state index in [1.807, 2.05) is 0 Å². The van der Waals surface area contributed by atoms with Crippen LogP contribution in [-0.4, -0.2) is 19.8 Å². The lowest BCUT2D eigenvalue weighted by Crippen LogP contribution is -2.23. The lowest BCUT2D eigenvalue weighted by Gasteiger charge is -2.14. The van der Waals surface area contributed by atoms with Crippen molar-refractivity contribution in [2.24, 2.45) is 7.05 Å². The predicted molar refractivity (Wildman–Crippen MR) is 92.1 cm³/mol. The summed E-state index contributed by atoms with van der Waals surface area (Å²) in [6, 6.07) is 9.45. The van der Waals surface area contributed by atoms with E-state index in [1.54, 1.807) is 31.2 Å². The molecule has 1 heterocycles. The second kappa shape index (κ2) is 7.25. The molecule has 6 nitrogen and oxygen atoms in total. The van der Waals surface area contributed by atoms with Crippen LogP contribution in [0.3, 0.4) is 0 Å². The Morgan fingerprint density at radius 1 is 1.23 bits per heavy atom. The summed E-state index contributed by atoms with van der Waals surface area (Å²) in [5, 5.41) is 7.77. The second-order valence-electron chi connectivity index (χ2n) is 5.67. The Labute approximate surface area is 152 Å². The van der Waals surface area contributed by atoms with Gasteiger partial charge in [0, 0.05) is 17.6 Å². The molecule has 1 aromatic heterocycles. The monoisotopic (exact) mass is 380 g/mol. The average molecular weight is 381 g/mol. The van der Waals surface area contributed by atoms with Crippen LogP contribution >= 0.6 is 11.6 Å². The fraction of sp³-hybridized carbons (Fsp3) is 0.235. The highest BCUT2D eigenvalue weighted by molar-refractivity contribution is 6.31. The average Bonchev–Trinajstić information content (AvgIpc) is 2.93. The highest BCUT2D eigenvalue weighted by Gasteiger charge is 2.17. The Balaban J connectivity index is 1.97. The summed E-state index contributed by atoms with van der Waals surface area (Å²) in [4.78, 5) is 12.1. The van der Waals surface area contributed by atoms with Crippen LogP contribution in [0, 0.1) is 6.92 Å². The number of rotatable bonds is 5. The van der Waals surface area contributed by atoms with Gasteiger partial charge in [0.15, 0.2) is 0 Å². The molecule has 0 N–H and O–H groups in total. The number of aromatic nitrogens is 4. The second-order valence-corrected chi connectivity index (χ2v) is 6.07. The van der Waals surface area contributed by atoms with Crippen molar-refractivity contribution in [2.45, 2.75) is 20.0 Å². The molecule has 0 aliphatic carbocycles. The first-order valence-corrected chi connectivity index (χ1v) is 8.04. The van der Waals surface area contributed by atoms with Gasteiger partial charge in [-0.2, -0.15) is 9.36 Å². The minimum Gasteiger partial charge on any atom is -0.488 e. The van der Waals surface area contributed by atoms with Crippen LogP contribution in [0.2, 0.25) is 5.02 Å². The third-order valence-corrected chi connectivity index (χ3v) is 4.17. The minimum absolute atomic E-state index is 0.0583. The van der Waals surface area contributed by atoms with Crippen molar-refractivity contribution in [1.82, 2.24) is 19.8 Å². The molecule has 0 radical (unpaired) electrons. The van der Waals surface area contributed by atoms with Crippen molar-refractivity contribution < 1.29 is 13.5 Å². The number of alkyl halides is 2. The first-order chi connectivity index (χ1) is 12.4. The van der Waals surface area contributed by atoms with Crippen LogP contribution < -0.4 is 10.4 Å². The van der Waals surface area contributed by atoms with E-state index in [0.29, 0.717) is 21.8 Å². The lowest BCUT2D eigenvalue weighted by atomic mass is 10.1. The van der Waals surface area contributed by atoms with Crippen LogP contribution in [-0.2, 0) is 13.7 Å². The van der Waals surface area contributed by atoms with Crippen LogP contribution in [0.1, 0.15) is 23.1 Å². The molecule has 2 aromatic carbocycles. The number of benzene rings is 2. The van der Waals surface area contributed by atoms with E-state index >= 15 is 0 Å². The van der Waals surface area contributed by atoms with Gasteiger partial charge in [-0.25, -0.2) is 13.6 Å². The summed E-state index contributed by atoms with van der Waals surface area (Å²) >= 11 is 6.23. The number of nitrogens with zero attached hydrogens (tertiary/aromatic N) is 4. The van der Waals surface area contributed by atoms with Crippen LogP contribution in [0.4, 0.5) is 8.78 Å². The first kappa shape index (κ1) is 18.1. The van der Waals surface area contributed by atoms with Gasteiger partial charge >= 0.3 is 5.69 Å². The van der Waals surface area contributed by atoms with Crippen molar-refractivity contribution in [3.8, 4) is 11.4 Å². The van der Waals surface area contributed by atoms with E-state index in [4.69, 9.17) is 16.3 Å². The Morgan fingerprint density at radius 3 is 2.65 bits per heavy atom. The highest BCUT2D eigenvalue weighted by Crippen LogP contribution is 2.31. The van der Waals surface area contributed by atoms with Gasteiger partial charge in [0.1, 0.15) is 12.4 Å². The van der Waals surface area contributed by atoms with Crippen LogP contribution in [0.5, 0.6) is 5.75 Å². The number of hydrogen-bond donors (Lipinski definition) is 0.